The number of hydrogen-bond acceptors (Lipinski definition) is 11. The number of phenols is 4. The summed E-state index contributed by atoms with van der Waals surface area (Å²) in [6, 6.07) is 8.05. The summed E-state index contributed by atoms with van der Waals surface area (Å²) in [6.07, 6.45) is -0.676. The number of nitrogens with one attached hydrogen (secondary N) is 4. The molecule has 0 bridgehead atoms. The highest BCUT2D eigenvalue weighted by Crippen LogP contribution is 2.28. The van der Waals surface area contributed by atoms with Crippen molar-refractivity contribution in [1.82, 2.24) is 21.7 Å². The molecule has 13 heteroatoms. The maximum absolute atomic E-state index is 12.4. The van der Waals surface area contributed by atoms with Gasteiger partial charge in [-0.1, -0.05) is 12.1 Å². The van der Waals surface area contributed by atoms with Gasteiger partial charge in [0.15, 0.2) is 28.8 Å². The van der Waals surface area contributed by atoms with E-state index in [-0.39, 0.29) is 41.6 Å². The first-order valence-electron chi connectivity index (χ1n) is 11.4. The smallest absolute Gasteiger partial charge is 0.327 e. The molecule has 38 heavy (non-hydrogen) atoms. The number of phenolic OH excluding ortho intramolecular Hbond substituents is 4. The van der Waals surface area contributed by atoms with Crippen molar-refractivity contribution >= 4 is 23.6 Å². The van der Waals surface area contributed by atoms with Crippen molar-refractivity contribution in [3.8, 4) is 23.0 Å². The number of benzene rings is 2. The average molecular weight is 533 g/mol. The van der Waals surface area contributed by atoms with E-state index in [0.29, 0.717) is 11.1 Å². The van der Waals surface area contributed by atoms with Crippen LogP contribution in [0.25, 0.3) is 0 Å². The van der Waals surface area contributed by atoms with Crippen LogP contribution in [0.1, 0.15) is 38.3 Å². The van der Waals surface area contributed by atoms with E-state index in [4.69, 9.17) is 4.74 Å². The maximum Gasteiger partial charge on any atom is 0.327 e. The number of carbonyl (C=O) groups excluding carboxylic acids is 4. The summed E-state index contributed by atoms with van der Waals surface area (Å²) in [5, 5.41) is 38.3. The first-order chi connectivity index (χ1) is 17.7. The summed E-state index contributed by atoms with van der Waals surface area (Å²) >= 11 is 0. The van der Waals surface area contributed by atoms with Crippen LogP contribution in [-0.2, 0) is 36.8 Å². The summed E-state index contributed by atoms with van der Waals surface area (Å²) < 4.78 is 4.80. The van der Waals surface area contributed by atoms with Gasteiger partial charge in [0.25, 0.3) is 0 Å². The molecule has 8 N–H and O–H groups in total. The van der Waals surface area contributed by atoms with Crippen molar-refractivity contribution < 1.29 is 44.3 Å². The van der Waals surface area contributed by atoms with Crippen LogP contribution in [0.2, 0.25) is 0 Å². The number of hydrogen-bond donors (Lipinski definition) is 8. The summed E-state index contributed by atoms with van der Waals surface area (Å²) in [7, 11) is 1.16. The van der Waals surface area contributed by atoms with Crippen LogP contribution >= 0.6 is 0 Å². The lowest BCUT2D eigenvalue weighted by Crippen LogP contribution is -2.60. The van der Waals surface area contributed by atoms with Crippen molar-refractivity contribution in [1.29, 1.82) is 0 Å². The predicted octanol–water partition coefficient (Wildman–Crippen LogP) is 0.205. The number of aromatic hydroxyl groups is 4. The highest BCUT2D eigenvalue weighted by molar-refractivity contribution is 5.97. The number of esters is 1. The van der Waals surface area contributed by atoms with Gasteiger partial charge in [-0.3, -0.25) is 25.2 Å². The molecule has 0 aliphatic heterocycles. The fourth-order valence-corrected chi connectivity index (χ4v) is 3.47. The van der Waals surface area contributed by atoms with Gasteiger partial charge in [0.2, 0.25) is 11.8 Å². The van der Waals surface area contributed by atoms with Crippen LogP contribution < -0.4 is 21.7 Å². The maximum atomic E-state index is 12.4. The zero-order valence-corrected chi connectivity index (χ0v) is 21.4. The first-order valence-corrected chi connectivity index (χ1v) is 11.4. The second-order valence-electron chi connectivity index (χ2n) is 9.23. The average Bonchev–Trinajstić information content (AvgIpc) is 2.85. The summed E-state index contributed by atoms with van der Waals surface area (Å²) in [4.78, 5) is 49.4. The standard InChI is InChI=1S/C25H32N4O9/c1-14(30)24(2,12-15-5-7-17(31)19(33)9-15)28-26-21(35)11-22(36)27-29-25(3,23(37)38-4)13-16-6-8-18(32)20(34)10-16/h5-10,28-29,31-34H,11-13H2,1-4H3,(H,26,35)(H,27,36). The molecule has 2 atom stereocenters. The molecule has 0 saturated heterocycles. The SMILES string of the molecule is COC(=O)C(C)(Cc1ccc(O)c(O)c1)NNC(=O)CC(=O)NNC(C)(Cc1ccc(O)c(O)c1)C(C)=O. The minimum absolute atomic E-state index is 0.0501. The van der Waals surface area contributed by atoms with E-state index in [0.717, 1.165) is 7.11 Å². The zero-order chi connectivity index (χ0) is 28.7. The Kier molecular flexibility index (Phi) is 9.63. The lowest BCUT2D eigenvalue weighted by molar-refractivity contribution is -0.148. The molecule has 2 amide bonds. The van der Waals surface area contributed by atoms with Gasteiger partial charge in [0.05, 0.1) is 12.6 Å². The Morgan fingerprint density at radius 3 is 1.55 bits per heavy atom. The first kappa shape index (κ1) is 29.9. The molecule has 0 spiro atoms. The van der Waals surface area contributed by atoms with E-state index in [2.05, 4.69) is 21.7 Å². The van der Waals surface area contributed by atoms with E-state index >= 15 is 0 Å². The molecule has 13 nitrogen and oxygen atoms in total. The third-order valence-electron chi connectivity index (χ3n) is 5.88. The Bertz CT molecular complexity index is 1220. The van der Waals surface area contributed by atoms with Gasteiger partial charge < -0.3 is 25.2 Å². The van der Waals surface area contributed by atoms with Crippen LogP contribution in [0.5, 0.6) is 23.0 Å². The van der Waals surface area contributed by atoms with Crippen molar-refractivity contribution in [2.45, 2.75) is 51.1 Å². The summed E-state index contributed by atoms with van der Waals surface area (Å²) in [5.41, 5.74) is 7.91. The number of hydrazine groups is 2. The van der Waals surface area contributed by atoms with Crippen LogP contribution in [0.15, 0.2) is 36.4 Å². The molecular weight excluding hydrogens is 500 g/mol. The minimum atomic E-state index is -1.49. The molecule has 0 fully saturated rings. The van der Waals surface area contributed by atoms with Gasteiger partial charge in [0, 0.05) is 6.42 Å². The van der Waals surface area contributed by atoms with E-state index in [1.54, 1.807) is 0 Å². The fourth-order valence-electron chi connectivity index (χ4n) is 3.47. The van der Waals surface area contributed by atoms with Gasteiger partial charge in [-0.25, -0.2) is 15.6 Å². The Hall–Kier alpha value is -4.36. The Labute approximate surface area is 218 Å². The Balaban J connectivity index is 1.98. The largest absolute Gasteiger partial charge is 0.504 e. The molecule has 2 unspecified atom stereocenters. The Morgan fingerprint density at radius 1 is 0.737 bits per heavy atom. The summed E-state index contributed by atoms with van der Waals surface area (Å²) in [5.74, 6) is -4.07. The molecule has 0 aliphatic carbocycles. The van der Waals surface area contributed by atoms with E-state index in [1.165, 1.54) is 57.2 Å². The summed E-state index contributed by atoms with van der Waals surface area (Å²) in [6.45, 7) is 4.26. The third kappa shape index (κ3) is 7.82. The minimum Gasteiger partial charge on any atom is -0.504 e. The quantitative estimate of drug-likeness (QED) is 0.0802. The van der Waals surface area contributed by atoms with Crippen LogP contribution in [0.4, 0.5) is 0 Å². The number of methoxy groups -OCH3 is 1. The molecule has 0 aromatic heterocycles. The second-order valence-corrected chi connectivity index (χ2v) is 9.23. The van der Waals surface area contributed by atoms with Crippen molar-refractivity contribution in [2.24, 2.45) is 0 Å². The third-order valence-corrected chi connectivity index (χ3v) is 5.88. The number of ether oxygens (including phenoxy) is 1. The molecule has 0 radical (unpaired) electrons. The lowest BCUT2D eigenvalue weighted by atomic mass is 9.90. The van der Waals surface area contributed by atoms with Crippen LogP contribution in [-0.4, -0.2) is 62.2 Å². The zero-order valence-electron chi connectivity index (χ0n) is 21.4. The number of ketones is 1. The molecule has 0 heterocycles. The highest BCUT2D eigenvalue weighted by atomic mass is 16.5. The van der Waals surface area contributed by atoms with Crippen molar-refractivity contribution in [3.05, 3.63) is 47.5 Å². The van der Waals surface area contributed by atoms with E-state index in [1.807, 2.05) is 0 Å². The molecule has 0 aliphatic rings. The van der Waals surface area contributed by atoms with Crippen LogP contribution in [0, 0.1) is 0 Å². The van der Waals surface area contributed by atoms with E-state index < -0.39 is 35.3 Å². The predicted molar refractivity (Wildman–Crippen MR) is 134 cm³/mol. The molecule has 2 rings (SSSR count). The normalized spacial score (nSPS) is 14.0. The Morgan fingerprint density at radius 2 is 1.16 bits per heavy atom. The number of amides is 2. The van der Waals surface area contributed by atoms with Gasteiger partial charge >= 0.3 is 5.97 Å². The fraction of sp³-hybridized carbons (Fsp3) is 0.360. The van der Waals surface area contributed by atoms with Gasteiger partial charge in [-0.15, -0.1) is 0 Å². The monoisotopic (exact) mass is 532 g/mol. The van der Waals surface area contributed by atoms with Crippen molar-refractivity contribution in [3.63, 3.8) is 0 Å². The molecule has 2 aromatic carbocycles. The van der Waals surface area contributed by atoms with Gasteiger partial charge in [-0.05, 0) is 62.6 Å². The molecule has 206 valence electrons. The number of rotatable bonds is 12. The van der Waals surface area contributed by atoms with Gasteiger partial charge in [0.1, 0.15) is 12.0 Å². The number of carbonyl (C=O) groups is 4. The number of Topliss-reactive ketones (excluding diaryl/α,β-unsaturated/α-hetero) is 1. The lowest BCUT2D eigenvalue weighted by Gasteiger charge is -2.29. The molecular formula is C25H32N4O9. The topological polar surface area (TPSA) is 207 Å². The van der Waals surface area contributed by atoms with Gasteiger partial charge in [-0.2, -0.15) is 0 Å². The molecule has 0 saturated carbocycles. The van der Waals surface area contributed by atoms with Crippen molar-refractivity contribution in [2.75, 3.05) is 7.11 Å². The van der Waals surface area contributed by atoms with E-state index in [9.17, 15) is 39.6 Å². The van der Waals surface area contributed by atoms with Crippen LogP contribution in [0.3, 0.4) is 0 Å². The highest BCUT2D eigenvalue weighted by Gasteiger charge is 2.36. The second kappa shape index (κ2) is 12.3. The molecule has 2 aromatic rings.